The zero-order valence-corrected chi connectivity index (χ0v) is 8.27. The summed E-state index contributed by atoms with van der Waals surface area (Å²) >= 11 is 0. The van der Waals surface area contributed by atoms with E-state index in [0.29, 0.717) is 0 Å². The van der Waals surface area contributed by atoms with E-state index in [-0.39, 0.29) is 6.61 Å². The van der Waals surface area contributed by atoms with Gasteiger partial charge >= 0.3 is 0 Å². The van der Waals surface area contributed by atoms with Gasteiger partial charge in [0.1, 0.15) is 5.65 Å². The second kappa shape index (κ2) is 3.80. The fourth-order valence-electron chi connectivity index (χ4n) is 1.58. The van der Waals surface area contributed by atoms with E-state index in [0.717, 1.165) is 24.2 Å². The molecule has 2 rings (SSSR count). The molecule has 0 unspecified atom stereocenters. The van der Waals surface area contributed by atoms with Crippen molar-refractivity contribution in [3.8, 4) is 0 Å². The minimum absolute atomic E-state index is 0.229. The standard InChI is InChI=1S/C11H14N2O/c1-9-4-2-6-11-12-10(5-3-7-14)8-13(9)11/h2,4,6,8,14H,3,5,7H2,1H3. The van der Waals surface area contributed by atoms with E-state index in [1.54, 1.807) is 0 Å². The summed E-state index contributed by atoms with van der Waals surface area (Å²) < 4.78 is 2.08. The van der Waals surface area contributed by atoms with Crippen LogP contribution in [0.15, 0.2) is 24.4 Å². The number of fused-ring (bicyclic) bond motifs is 1. The molecule has 0 aromatic carbocycles. The van der Waals surface area contributed by atoms with Crippen molar-refractivity contribution in [2.75, 3.05) is 6.61 Å². The minimum Gasteiger partial charge on any atom is -0.396 e. The Morgan fingerprint density at radius 3 is 3.00 bits per heavy atom. The Kier molecular flexibility index (Phi) is 2.50. The Hall–Kier alpha value is -1.35. The molecule has 74 valence electrons. The third kappa shape index (κ3) is 1.63. The molecule has 0 aliphatic rings. The molecular weight excluding hydrogens is 176 g/mol. The first-order chi connectivity index (χ1) is 6.81. The normalized spacial score (nSPS) is 11.0. The average Bonchev–Trinajstić information content (AvgIpc) is 2.59. The minimum atomic E-state index is 0.229. The monoisotopic (exact) mass is 190 g/mol. The maximum absolute atomic E-state index is 8.72. The fraction of sp³-hybridized carbons (Fsp3) is 0.364. The van der Waals surface area contributed by atoms with Crippen LogP contribution in [0, 0.1) is 6.92 Å². The first kappa shape index (κ1) is 9.21. The quantitative estimate of drug-likeness (QED) is 0.797. The molecule has 0 aliphatic heterocycles. The van der Waals surface area contributed by atoms with Crippen molar-refractivity contribution in [1.82, 2.24) is 9.38 Å². The summed E-state index contributed by atoms with van der Waals surface area (Å²) in [5.74, 6) is 0. The second-order valence-corrected chi connectivity index (χ2v) is 3.45. The number of aliphatic hydroxyl groups is 1. The van der Waals surface area contributed by atoms with Gasteiger partial charge in [-0.2, -0.15) is 0 Å². The topological polar surface area (TPSA) is 37.5 Å². The summed E-state index contributed by atoms with van der Waals surface area (Å²) in [6.45, 7) is 2.29. The maximum atomic E-state index is 8.72. The number of imidazole rings is 1. The number of rotatable bonds is 3. The first-order valence-corrected chi connectivity index (χ1v) is 4.86. The largest absolute Gasteiger partial charge is 0.396 e. The van der Waals surface area contributed by atoms with E-state index < -0.39 is 0 Å². The van der Waals surface area contributed by atoms with Crippen LogP contribution in [-0.2, 0) is 6.42 Å². The Bertz CT molecular complexity index is 434. The van der Waals surface area contributed by atoms with E-state index in [1.165, 1.54) is 5.69 Å². The summed E-state index contributed by atoms with van der Waals surface area (Å²) in [5, 5.41) is 8.72. The van der Waals surface area contributed by atoms with Gasteiger partial charge in [-0.25, -0.2) is 4.98 Å². The summed E-state index contributed by atoms with van der Waals surface area (Å²) in [5.41, 5.74) is 3.22. The van der Waals surface area contributed by atoms with Crippen molar-refractivity contribution in [2.45, 2.75) is 19.8 Å². The van der Waals surface area contributed by atoms with Gasteiger partial charge in [0.2, 0.25) is 0 Å². The molecule has 0 spiro atoms. The number of hydrogen-bond donors (Lipinski definition) is 1. The van der Waals surface area contributed by atoms with Gasteiger partial charge in [-0.1, -0.05) is 6.07 Å². The van der Waals surface area contributed by atoms with Crippen molar-refractivity contribution in [3.63, 3.8) is 0 Å². The predicted molar refractivity (Wildman–Crippen MR) is 55.3 cm³/mol. The van der Waals surface area contributed by atoms with E-state index in [2.05, 4.69) is 22.4 Å². The lowest BCUT2D eigenvalue weighted by atomic mass is 10.3. The number of nitrogens with zero attached hydrogens (tertiary/aromatic N) is 2. The van der Waals surface area contributed by atoms with Gasteiger partial charge in [0.15, 0.2) is 0 Å². The molecule has 0 saturated carbocycles. The lowest BCUT2D eigenvalue weighted by molar-refractivity contribution is 0.288. The molecule has 0 radical (unpaired) electrons. The van der Waals surface area contributed by atoms with E-state index in [1.807, 2.05) is 18.3 Å². The van der Waals surface area contributed by atoms with Crippen LogP contribution < -0.4 is 0 Å². The summed E-state index contributed by atoms with van der Waals surface area (Å²) in [6.07, 6.45) is 3.67. The van der Waals surface area contributed by atoms with Crippen LogP contribution in [0.25, 0.3) is 5.65 Å². The molecule has 2 aromatic heterocycles. The number of aromatic nitrogens is 2. The van der Waals surface area contributed by atoms with Crippen molar-refractivity contribution in [1.29, 1.82) is 0 Å². The molecule has 14 heavy (non-hydrogen) atoms. The molecule has 0 fully saturated rings. The van der Waals surface area contributed by atoms with Gasteiger partial charge in [0.05, 0.1) is 5.69 Å². The summed E-state index contributed by atoms with van der Waals surface area (Å²) in [7, 11) is 0. The molecule has 1 N–H and O–H groups in total. The highest BCUT2D eigenvalue weighted by Gasteiger charge is 2.01. The number of pyridine rings is 1. The van der Waals surface area contributed by atoms with Crippen LogP contribution in [0.4, 0.5) is 0 Å². The zero-order valence-electron chi connectivity index (χ0n) is 8.27. The highest BCUT2D eigenvalue weighted by atomic mass is 16.2. The van der Waals surface area contributed by atoms with Crippen molar-refractivity contribution < 1.29 is 5.11 Å². The molecule has 0 aliphatic carbocycles. The molecule has 3 nitrogen and oxygen atoms in total. The fourth-order valence-corrected chi connectivity index (χ4v) is 1.58. The van der Waals surface area contributed by atoms with Gasteiger partial charge in [-0.05, 0) is 31.9 Å². The third-order valence-corrected chi connectivity index (χ3v) is 2.34. The molecule has 0 bridgehead atoms. The van der Waals surface area contributed by atoms with Gasteiger partial charge in [-0.3, -0.25) is 0 Å². The SMILES string of the molecule is Cc1cccc2nc(CCCO)cn12. The van der Waals surface area contributed by atoms with E-state index in [4.69, 9.17) is 5.11 Å². The summed E-state index contributed by atoms with van der Waals surface area (Å²) in [6, 6.07) is 6.06. The lowest BCUT2D eigenvalue weighted by Crippen LogP contribution is -1.88. The highest BCUT2D eigenvalue weighted by molar-refractivity contribution is 5.41. The zero-order chi connectivity index (χ0) is 9.97. The molecule has 0 atom stereocenters. The molecular formula is C11H14N2O. The molecule has 2 aromatic rings. The van der Waals surface area contributed by atoms with Gasteiger partial charge < -0.3 is 9.51 Å². The number of hydrogen-bond acceptors (Lipinski definition) is 2. The van der Waals surface area contributed by atoms with Crippen molar-refractivity contribution in [3.05, 3.63) is 35.8 Å². The third-order valence-electron chi connectivity index (χ3n) is 2.34. The van der Waals surface area contributed by atoms with Crippen molar-refractivity contribution in [2.24, 2.45) is 0 Å². The molecule has 3 heteroatoms. The average molecular weight is 190 g/mol. The first-order valence-electron chi connectivity index (χ1n) is 4.86. The van der Waals surface area contributed by atoms with E-state index in [9.17, 15) is 0 Å². The van der Waals surface area contributed by atoms with Crippen LogP contribution in [0.1, 0.15) is 17.8 Å². The molecule has 2 heterocycles. The van der Waals surface area contributed by atoms with Crippen LogP contribution in [-0.4, -0.2) is 21.1 Å². The molecule has 0 amide bonds. The Labute approximate surface area is 83.0 Å². The van der Waals surface area contributed by atoms with Gasteiger partial charge in [0, 0.05) is 18.5 Å². The van der Waals surface area contributed by atoms with Crippen LogP contribution in [0.3, 0.4) is 0 Å². The maximum Gasteiger partial charge on any atom is 0.137 e. The van der Waals surface area contributed by atoms with Gasteiger partial charge in [0.25, 0.3) is 0 Å². The number of aryl methyl sites for hydroxylation is 2. The Morgan fingerprint density at radius 2 is 2.29 bits per heavy atom. The van der Waals surface area contributed by atoms with Gasteiger partial charge in [-0.15, -0.1) is 0 Å². The van der Waals surface area contributed by atoms with Crippen LogP contribution >= 0.6 is 0 Å². The molecule has 0 saturated heterocycles. The van der Waals surface area contributed by atoms with Crippen LogP contribution in [0.2, 0.25) is 0 Å². The lowest BCUT2D eigenvalue weighted by Gasteiger charge is -1.95. The second-order valence-electron chi connectivity index (χ2n) is 3.45. The van der Waals surface area contributed by atoms with Crippen molar-refractivity contribution >= 4 is 5.65 Å². The summed E-state index contributed by atoms with van der Waals surface area (Å²) in [4.78, 5) is 4.46. The Balaban J connectivity index is 2.36. The predicted octanol–water partition coefficient (Wildman–Crippen LogP) is 1.57. The van der Waals surface area contributed by atoms with Crippen LogP contribution in [0.5, 0.6) is 0 Å². The smallest absolute Gasteiger partial charge is 0.137 e. The van der Waals surface area contributed by atoms with E-state index >= 15 is 0 Å². The Morgan fingerprint density at radius 1 is 1.43 bits per heavy atom. The highest BCUT2D eigenvalue weighted by Crippen LogP contribution is 2.09. The number of aliphatic hydroxyl groups excluding tert-OH is 1.